The molecule has 0 fully saturated rings. The lowest BCUT2D eigenvalue weighted by Crippen LogP contribution is -2.40. The number of carbonyl (C=O) groups excluding carboxylic acids is 1. The minimum Gasteiger partial charge on any atom is -0.490 e. The van der Waals surface area contributed by atoms with E-state index in [0.29, 0.717) is 44.9 Å². The predicted molar refractivity (Wildman–Crippen MR) is 141 cm³/mol. The summed E-state index contributed by atoms with van der Waals surface area (Å²) in [5, 5.41) is 9.12. The number of benzene rings is 2. The molecule has 1 aromatic heterocycles. The number of hydrogen-bond acceptors (Lipinski definition) is 8. The van der Waals surface area contributed by atoms with E-state index in [2.05, 4.69) is 4.99 Å². The van der Waals surface area contributed by atoms with Crippen LogP contribution in [0, 0.1) is 11.3 Å². The number of esters is 1. The third kappa shape index (κ3) is 5.17. The summed E-state index contributed by atoms with van der Waals surface area (Å²) in [5.41, 5.74) is 2.01. The third-order valence-corrected chi connectivity index (χ3v) is 6.94. The van der Waals surface area contributed by atoms with E-state index in [1.165, 1.54) is 23.0 Å². The van der Waals surface area contributed by atoms with Crippen LogP contribution >= 0.6 is 22.9 Å². The third-order valence-electron chi connectivity index (χ3n) is 5.68. The first-order chi connectivity index (χ1) is 17.9. The summed E-state index contributed by atoms with van der Waals surface area (Å²) in [4.78, 5) is 31.8. The Morgan fingerprint density at radius 1 is 1.24 bits per heavy atom. The number of fused-ring (bicyclic) bond motifs is 1. The first kappa shape index (κ1) is 26.2. The highest BCUT2D eigenvalue weighted by molar-refractivity contribution is 7.07. The van der Waals surface area contributed by atoms with Crippen molar-refractivity contribution < 1.29 is 19.0 Å². The van der Waals surface area contributed by atoms with E-state index >= 15 is 0 Å². The molecule has 1 atom stereocenters. The average Bonchev–Trinajstić information content (AvgIpc) is 3.21. The largest absolute Gasteiger partial charge is 0.490 e. The smallest absolute Gasteiger partial charge is 0.338 e. The summed E-state index contributed by atoms with van der Waals surface area (Å²) in [7, 11) is 1.32. The summed E-state index contributed by atoms with van der Waals surface area (Å²) < 4.78 is 18.1. The maximum atomic E-state index is 13.7. The van der Waals surface area contributed by atoms with Crippen molar-refractivity contribution in [2.45, 2.75) is 26.3 Å². The Bertz CT molecular complexity index is 1580. The molecule has 10 heteroatoms. The molecule has 0 aliphatic carbocycles. The van der Waals surface area contributed by atoms with E-state index in [4.69, 9.17) is 31.1 Å². The molecule has 1 aliphatic heterocycles. The second-order valence-electron chi connectivity index (χ2n) is 7.91. The average molecular weight is 538 g/mol. The van der Waals surface area contributed by atoms with Gasteiger partial charge in [0, 0.05) is 0 Å². The monoisotopic (exact) mass is 537 g/mol. The molecule has 0 unspecified atom stereocenters. The molecule has 37 heavy (non-hydrogen) atoms. The van der Waals surface area contributed by atoms with Gasteiger partial charge < -0.3 is 14.2 Å². The van der Waals surface area contributed by atoms with Gasteiger partial charge in [-0.25, -0.2) is 9.79 Å². The first-order valence-electron chi connectivity index (χ1n) is 11.6. The molecule has 0 N–H and O–H groups in total. The van der Waals surface area contributed by atoms with Crippen molar-refractivity contribution in [3.8, 4) is 17.6 Å². The molecule has 190 valence electrons. The van der Waals surface area contributed by atoms with E-state index in [9.17, 15) is 9.59 Å². The van der Waals surface area contributed by atoms with Crippen LogP contribution in [-0.4, -0.2) is 30.9 Å². The summed E-state index contributed by atoms with van der Waals surface area (Å²) in [6.07, 6.45) is 2.19. The first-order valence-corrected chi connectivity index (χ1v) is 12.8. The van der Waals surface area contributed by atoms with Crippen LogP contribution in [0.15, 0.2) is 63.5 Å². The van der Waals surface area contributed by atoms with Crippen molar-refractivity contribution in [2.24, 2.45) is 4.99 Å². The lowest BCUT2D eigenvalue weighted by Gasteiger charge is -2.25. The predicted octanol–water partition coefficient (Wildman–Crippen LogP) is 3.75. The number of carbonyl (C=O) groups is 1. The topological polar surface area (TPSA) is 103 Å². The van der Waals surface area contributed by atoms with Gasteiger partial charge in [-0.3, -0.25) is 9.36 Å². The Morgan fingerprint density at radius 2 is 2.00 bits per heavy atom. The fourth-order valence-corrected chi connectivity index (χ4v) is 5.44. The van der Waals surface area contributed by atoms with E-state index < -0.39 is 12.0 Å². The molecular weight excluding hydrogens is 514 g/mol. The number of hydrogen-bond donors (Lipinski definition) is 0. The molecule has 0 radical (unpaired) electrons. The zero-order chi connectivity index (χ0) is 26.5. The number of thiazole rings is 1. The Kier molecular flexibility index (Phi) is 8.11. The van der Waals surface area contributed by atoms with Gasteiger partial charge in [-0.05, 0) is 42.7 Å². The summed E-state index contributed by atoms with van der Waals surface area (Å²) in [5.74, 6) is 0.112. The normalized spacial score (nSPS) is 15.0. The van der Waals surface area contributed by atoms with E-state index in [0.717, 1.165) is 5.56 Å². The van der Waals surface area contributed by atoms with Crippen LogP contribution in [-0.2, 0) is 9.53 Å². The molecule has 8 nitrogen and oxygen atoms in total. The molecule has 3 aromatic rings. The number of allylic oxidation sites excluding steroid dienone is 1. The molecule has 0 amide bonds. The Hall–Kier alpha value is -3.87. The fraction of sp³-hybridized carbons (Fsp3) is 0.259. The van der Waals surface area contributed by atoms with E-state index in [1.807, 2.05) is 50.2 Å². The van der Waals surface area contributed by atoms with Crippen molar-refractivity contribution in [1.29, 1.82) is 5.26 Å². The van der Waals surface area contributed by atoms with Crippen LogP contribution in [0.4, 0.5) is 0 Å². The van der Waals surface area contributed by atoms with E-state index in [1.54, 1.807) is 18.2 Å². The van der Waals surface area contributed by atoms with Gasteiger partial charge in [0.1, 0.15) is 6.07 Å². The van der Waals surface area contributed by atoms with Crippen molar-refractivity contribution in [1.82, 2.24) is 4.57 Å². The quantitative estimate of drug-likeness (QED) is 0.405. The van der Waals surface area contributed by atoms with Crippen LogP contribution in [0.5, 0.6) is 11.5 Å². The number of methoxy groups -OCH3 is 1. The van der Waals surface area contributed by atoms with Crippen LogP contribution in [0.2, 0.25) is 5.02 Å². The zero-order valence-corrected chi connectivity index (χ0v) is 22.1. The Balaban J connectivity index is 1.92. The second-order valence-corrected chi connectivity index (χ2v) is 9.32. The summed E-state index contributed by atoms with van der Waals surface area (Å²) >= 11 is 7.66. The van der Waals surface area contributed by atoms with Gasteiger partial charge in [-0.1, -0.05) is 60.2 Å². The maximum Gasteiger partial charge on any atom is 0.338 e. The minimum absolute atomic E-state index is 0.181. The van der Waals surface area contributed by atoms with Crippen molar-refractivity contribution in [3.63, 3.8) is 0 Å². The van der Waals surface area contributed by atoms with E-state index in [-0.39, 0.29) is 22.9 Å². The number of ether oxygens (including phenoxy) is 3. The zero-order valence-electron chi connectivity index (χ0n) is 20.5. The lowest BCUT2D eigenvalue weighted by atomic mass is 9.95. The highest BCUT2D eigenvalue weighted by atomic mass is 35.5. The maximum absolute atomic E-state index is 13.7. The molecular formula is C27H24ClN3O5S. The standard InChI is InChI=1S/C27H24ClN3O5S/c1-4-19-22(26(33)34-3)23(17-9-7-6-8-10-17)31-25(32)21(37-27(31)30-19)15-16-13-18(28)24(36-12-11-29)20(14-16)35-5-2/h6-10,13-15,23H,4-5,12H2,1-3H3/b21-15-/t23-/m0/s1. The van der Waals surface area contributed by atoms with Gasteiger partial charge >= 0.3 is 5.97 Å². The van der Waals surface area contributed by atoms with Crippen LogP contribution in [0.1, 0.15) is 37.4 Å². The number of nitriles is 1. The van der Waals surface area contributed by atoms with Crippen molar-refractivity contribution in [2.75, 3.05) is 20.3 Å². The van der Waals surface area contributed by atoms with Gasteiger partial charge in [0.05, 0.1) is 40.6 Å². The molecule has 2 aromatic carbocycles. The molecule has 0 spiro atoms. The Labute approximate surface area is 222 Å². The van der Waals surface area contributed by atoms with Crippen LogP contribution in [0.3, 0.4) is 0 Å². The number of aromatic nitrogens is 1. The van der Waals surface area contributed by atoms with Crippen LogP contribution in [0.25, 0.3) is 6.08 Å². The number of nitrogens with zero attached hydrogens (tertiary/aromatic N) is 3. The fourth-order valence-electron chi connectivity index (χ4n) is 4.15. The highest BCUT2D eigenvalue weighted by Gasteiger charge is 2.33. The molecule has 4 rings (SSSR count). The number of rotatable bonds is 8. The molecule has 1 aliphatic rings. The number of halogens is 1. The molecule has 0 saturated carbocycles. The SMILES string of the molecule is CCOc1cc(/C=c2\sc3n(c2=O)[C@@H](c2ccccc2)C(C(=O)OC)=C(CC)N=3)cc(Cl)c1OCC#N. The minimum atomic E-state index is -0.675. The summed E-state index contributed by atoms with van der Waals surface area (Å²) in [6.45, 7) is 3.91. The van der Waals surface area contributed by atoms with Crippen LogP contribution < -0.4 is 24.4 Å². The van der Waals surface area contributed by atoms with Crippen molar-refractivity contribution in [3.05, 3.63) is 89.6 Å². The van der Waals surface area contributed by atoms with Gasteiger partial charge in [0.15, 0.2) is 22.9 Å². The van der Waals surface area contributed by atoms with Gasteiger partial charge in [0.2, 0.25) is 0 Å². The highest BCUT2D eigenvalue weighted by Crippen LogP contribution is 2.37. The van der Waals surface area contributed by atoms with Gasteiger partial charge in [-0.15, -0.1) is 0 Å². The summed E-state index contributed by atoms with van der Waals surface area (Å²) in [6, 6.07) is 13.9. The molecule has 0 bridgehead atoms. The molecule has 2 heterocycles. The second kappa shape index (κ2) is 11.5. The molecule has 0 saturated heterocycles. The van der Waals surface area contributed by atoms with Crippen molar-refractivity contribution >= 4 is 35.0 Å². The van der Waals surface area contributed by atoms with Gasteiger partial charge in [-0.2, -0.15) is 5.26 Å². The lowest BCUT2D eigenvalue weighted by molar-refractivity contribution is -0.136. The van der Waals surface area contributed by atoms with Gasteiger partial charge in [0.25, 0.3) is 5.56 Å². The Morgan fingerprint density at radius 3 is 2.65 bits per heavy atom.